The lowest BCUT2D eigenvalue weighted by Gasteiger charge is -2.22. The fourth-order valence-electron chi connectivity index (χ4n) is 2.48. The van der Waals surface area contributed by atoms with E-state index in [1.54, 1.807) is 31.4 Å². The Balaban J connectivity index is 2.06. The quantitative estimate of drug-likeness (QED) is 0.779. The monoisotopic (exact) mass is 402 g/mol. The molecule has 2 rings (SSSR count). The summed E-state index contributed by atoms with van der Waals surface area (Å²) >= 11 is 3.47. The molecule has 1 unspecified atom stereocenters. The molecule has 0 aliphatic rings. The number of halogens is 1. The second-order valence-corrected chi connectivity index (χ2v) is 6.80. The van der Waals surface area contributed by atoms with Crippen LogP contribution in [0.4, 0.5) is 5.69 Å². The average Bonchev–Trinajstić information content (AvgIpc) is 2.61. The molecular weight excluding hydrogens is 382 g/mol. The van der Waals surface area contributed by atoms with E-state index in [1.807, 2.05) is 32.2 Å². The maximum Gasteiger partial charge on any atom is 0.282 e. The molecule has 0 aliphatic heterocycles. The second kappa shape index (κ2) is 8.65. The van der Waals surface area contributed by atoms with Crippen LogP contribution in [0.15, 0.2) is 46.9 Å². The molecule has 5 nitrogen and oxygen atoms in total. The summed E-state index contributed by atoms with van der Waals surface area (Å²) in [5.41, 5.74) is 2.18. The molecule has 0 bridgehead atoms. The molecule has 2 N–H and O–H groups in total. The number of likely N-dealkylation sites (N-methyl/N-ethyl adjacent to an activating group) is 1. The van der Waals surface area contributed by atoms with Crippen molar-refractivity contribution in [2.75, 3.05) is 19.5 Å². The number of ether oxygens (including phenoxy) is 1. The van der Waals surface area contributed by atoms with Crippen molar-refractivity contribution in [3.8, 4) is 11.8 Å². The first-order valence-electron chi connectivity index (χ1n) is 7.90. The summed E-state index contributed by atoms with van der Waals surface area (Å²) in [7, 11) is 3.61. The van der Waals surface area contributed by atoms with Crippen LogP contribution in [0.5, 0.6) is 5.75 Å². The lowest BCUT2D eigenvalue weighted by Crippen LogP contribution is -3.12. The minimum absolute atomic E-state index is 0.0958. The van der Waals surface area contributed by atoms with E-state index in [0.717, 1.165) is 20.7 Å². The number of nitrogens with one attached hydrogen (secondary N) is 2. The number of methoxy groups -OCH3 is 1. The zero-order valence-corrected chi connectivity index (χ0v) is 16.1. The highest BCUT2D eigenvalue weighted by Gasteiger charge is 2.23. The van der Waals surface area contributed by atoms with Gasteiger partial charge in [-0.1, -0.05) is 22.0 Å². The Morgan fingerprint density at radius 2 is 2.12 bits per heavy atom. The third kappa shape index (κ3) is 5.05. The molecule has 130 valence electrons. The van der Waals surface area contributed by atoms with Crippen LogP contribution in [0, 0.1) is 11.3 Å². The SMILES string of the molecule is COc1ccc(Br)cc1C[NH+](C)[C@@H](C)C(=O)Nc1cccc(C#N)c1. The summed E-state index contributed by atoms with van der Waals surface area (Å²) in [6.45, 7) is 2.53. The molecule has 0 aromatic heterocycles. The van der Waals surface area contributed by atoms with E-state index in [2.05, 4.69) is 27.3 Å². The van der Waals surface area contributed by atoms with E-state index in [-0.39, 0.29) is 11.9 Å². The van der Waals surface area contributed by atoms with Gasteiger partial charge in [0.2, 0.25) is 0 Å². The van der Waals surface area contributed by atoms with Crippen molar-refractivity contribution in [1.29, 1.82) is 5.26 Å². The molecule has 2 atom stereocenters. The van der Waals surface area contributed by atoms with Gasteiger partial charge in [-0.3, -0.25) is 4.79 Å². The van der Waals surface area contributed by atoms with E-state index in [9.17, 15) is 4.79 Å². The van der Waals surface area contributed by atoms with Crippen LogP contribution in [0.2, 0.25) is 0 Å². The van der Waals surface area contributed by atoms with Gasteiger partial charge in [0.05, 0.1) is 25.8 Å². The summed E-state index contributed by atoms with van der Waals surface area (Å²) in [4.78, 5) is 13.5. The first kappa shape index (κ1) is 19.0. The summed E-state index contributed by atoms with van der Waals surface area (Å²) in [5.74, 6) is 0.707. The van der Waals surface area contributed by atoms with Gasteiger partial charge in [0, 0.05) is 15.7 Å². The summed E-state index contributed by atoms with van der Waals surface area (Å²) in [6, 6.07) is 14.5. The number of carbonyl (C=O) groups excluding carboxylic acids is 1. The summed E-state index contributed by atoms with van der Waals surface area (Å²) in [6.07, 6.45) is 0. The standard InChI is InChI=1S/C19H20BrN3O2/c1-13(19(24)22-17-6-4-5-14(9-17)11-21)23(2)12-15-10-16(20)7-8-18(15)25-3/h4-10,13H,12H2,1-3H3,(H,22,24)/p+1/t13-/m0/s1. The Kier molecular flexibility index (Phi) is 6.57. The molecule has 2 aromatic rings. The Labute approximate surface area is 156 Å². The van der Waals surface area contributed by atoms with E-state index >= 15 is 0 Å². The van der Waals surface area contributed by atoms with E-state index in [1.165, 1.54) is 0 Å². The van der Waals surface area contributed by atoms with Crippen LogP contribution < -0.4 is 15.0 Å². The predicted molar refractivity (Wildman–Crippen MR) is 101 cm³/mol. The molecule has 0 fully saturated rings. The number of quaternary nitrogens is 1. The molecule has 25 heavy (non-hydrogen) atoms. The number of anilines is 1. The molecule has 1 amide bonds. The number of hydrogen-bond donors (Lipinski definition) is 2. The van der Waals surface area contributed by atoms with Crippen LogP contribution in [0.25, 0.3) is 0 Å². The van der Waals surface area contributed by atoms with Crippen molar-refractivity contribution in [1.82, 2.24) is 0 Å². The normalized spacial score (nSPS) is 12.8. The number of hydrogen-bond acceptors (Lipinski definition) is 3. The number of rotatable bonds is 6. The summed E-state index contributed by atoms with van der Waals surface area (Å²) in [5, 5.41) is 11.8. The van der Waals surface area contributed by atoms with Crippen LogP contribution in [-0.2, 0) is 11.3 Å². The molecule has 0 radical (unpaired) electrons. The first-order valence-corrected chi connectivity index (χ1v) is 8.69. The van der Waals surface area contributed by atoms with E-state index < -0.39 is 0 Å². The van der Waals surface area contributed by atoms with Gasteiger partial charge in [-0.15, -0.1) is 0 Å². The molecular formula is C19H21BrN3O2+. The molecule has 0 saturated carbocycles. The lowest BCUT2D eigenvalue weighted by molar-refractivity contribution is -0.907. The zero-order valence-electron chi connectivity index (χ0n) is 14.5. The average molecular weight is 403 g/mol. The molecule has 0 heterocycles. The van der Waals surface area contributed by atoms with Gasteiger partial charge < -0.3 is 15.0 Å². The van der Waals surface area contributed by atoms with Crippen LogP contribution in [0.3, 0.4) is 0 Å². The first-order chi connectivity index (χ1) is 11.9. The number of amides is 1. The maximum absolute atomic E-state index is 12.5. The number of carbonyl (C=O) groups is 1. The Morgan fingerprint density at radius 1 is 1.36 bits per heavy atom. The Hall–Kier alpha value is -2.36. The van der Waals surface area contributed by atoms with Gasteiger partial charge in [-0.05, 0) is 43.3 Å². The predicted octanol–water partition coefficient (Wildman–Crippen LogP) is 2.37. The summed E-state index contributed by atoms with van der Waals surface area (Å²) < 4.78 is 6.37. The Bertz CT molecular complexity index is 801. The van der Waals surface area contributed by atoms with E-state index in [0.29, 0.717) is 17.8 Å². The van der Waals surface area contributed by atoms with Gasteiger partial charge in [0.15, 0.2) is 6.04 Å². The van der Waals surface area contributed by atoms with Crippen LogP contribution in [-0.4, -0.2) is 26.1 Å². The minimum atomic E-state index is -0.269. The van der Waals surface area contributed by atoms with Gasteiger partial charge in [-0.2, -0.15) is 5.26 Å². The van der Waals surface area contributed by atoms with Gasteiger partial charge in [-0.25, -0.2) is 0 Å². The molecule has 0 aliphatic carbocycles. The van der Waals surface area contributed by atoms with Crippen molar-refractivity contribution in [3.05, 3.63) is 58.1 Å². The smallest absolute Gasteiger partial charge is 0.282 e. The van der Waals surface area contributed by atoms with Gasteiger partial charge in [0.25, 0.3) is 5.91 Å². The number of benzene rings is 2. The van der Waals surface area contributed by atoms with Gasteiger partial charge >= 0.3 is 0 Å². The highest BCUT2D eigenvalue weighted by molar-refractivity contribution is 9.10. The van der Waals surface area contributed by atoms with Crippen molar-refractivity contribution in [2.45, 2.75) is 19.5 Å². The highest BCUT2D eigenvalue weighted by atomic mass is 79.9. The second-order valence-electron chi connectivity index (χ2n) is 5.88. The number of nitriles is 1. The fraction of sp³-hybridized carbons (Fsp3) is 0.263. The maximum atomic E-state index is 12.5. The molecule has 2 aromatic carbocycles. The molecule has 0 saturated heterocycles. The number of nitrogens with zero attached hydrogens (tertiary/aromatic N) is 1. The molecule has 6 heteroatoms. The van der Waals surface area contributed by atoms with Crippen LogP contribution in [0.1, 0.15) is 18.1 Å². The van der Waals surface area contributed by atoms with Gasteiger partial charge in [0.1, 0.15) is 12.3 Å². The van der Waals surface area contributed by atoms with Crippen molar-refractivity contribution in [3.63, 3.8) is 0 Å². The zero-order chi connectivity index (χ0) is 18.4. The fourth-order valence-corrected chi connectivity index (χ4v) is 2.89. The van der Waals surface area contributed by atoms with Crippen LogP contribution >= 0.6 is 15.9 Å². The Morgan fingerprint density at radius 3 is 2.80 bits per heavy atom. The highest BCUT2D eigenvalue weighted by Crippen LogP contribution is 2.22. The third-order valence-corrected chi connectivity index (χ3v) is 4.60. The largest absolute Gasteiger partial charge is 0.496 e. The van der Waals surface area contributed by atoms with E-state index in [4.69, 9.17) is 10.00 Å². The minimum Gasteiger partial charge on any atom is -0.496 e. The van der Waals surface area contributed by atoms with Crippen molar-refractivity contribution in [2.24, 2.45) is 0 Å². The molecule has 0 spiro atoms. The third-order valence-electron chi connectivity index (χ3n) is 4.10. The van der Waals surface area contributed by atoms with Crippen molar-refractivity contribution < 1.29 is 14.4 Å². The van der Waals surface area contributed by atoms with Crippen molar-refractivity contribution >= 4 is 27.5 Å². The topological polar surface area (TPSA) is 66.6 Å². The lowest BCUT2D eigenvalue weighted by atomic mass is 10.1.